The standard InChI is InChI=1S/C66H46N2S/c1-4-15-47(16-5-1)50-29-37-56(38-30-50)67(57-39-31-51(32-40-57)48-17-6-2-7-18-48)60-23-12-21-54(45-60)55-22-13-24-61(46-55)68(58-41-33-52(34-42-58)49-19-8-3-9-20-49)59-43-35-53(36-44-59)62-26-14-27-64-63-25-10-11-28-65(63)69-66(62)64/h1-46H. The van der Waals surface area contributed by atoms with Gasteiger partial charge in [0.1, 0.15) is 0 Å². The van der Waals surface area contributed by atoms with Crippen molar-refractivity contribution in [3.05, 3.63) is 279 Å². The summed E-state index contributed by atoms with van der Waals surface area (Å²) < 4.78 is 2.64. The highest BCUT2D eigenvalue weighted by Gasteiger charge is 2.18. The molecule has 0 unspecified atom stereocenters. The highest BCUT2D eigenvalue weighted by atomic mass is 32.1. The molecule has 2 nitrogen and oxygen atoms in total. The predicted molar refractivity (Wildman–Crippen MR) is 296 cm³/mol. The summed E-state index contributed by atoms with van der Waals surface area (Å²) in [5, 5.41) is 2.62. The molecular formula is C66H46N2S. The number of hydrogen-bond acceptors (Lipinski definition) is 3. The SMILES string of the molecule is c1ccc(-c2ccc(N(c3ccc(-c4ccccc4)cc3)c3cccc(-c4cccc(N(c5ccc(-c6ccccc6)cc5)c5ccc(-c6cccc7c6sc6ccccc67)cc5)c4)c3)cc2)cc1. The number of fused-ring (bicyclic) bond motifs is 3. The Balaban J connectivity index is 0.927. The highest BCUT2D eigenvalue weighted by Crippen LogP contribution is 2.43. The van der Waals surface area contributed by atoms with Crippen molar-refractivity contribution in [1.82, 2.24) is 0 Å². The predicted octanol–water partition coefficient (Wildman–Crippen LogP) is 19.3. The van der Waals surface area contributed by atoms with Crippen LogP contribution >= 0.6 is 11.3 Å². The van der Waals surface area contributed by atoms with E-state index in [0.29, 0.717) is 0 Å². The summed E-state index contributed by atoms with van der Waals surface area (Å²) >= 11 is 1.87. The Bertz CT molecular complexity index is 3590. The van der Waals surface area contributed by atoms with E-state index in [4.69, 9.17) is 0 Å². The van der Waals surface area contributed by atoms with Crippen molar-refractivity contribution >= 4 is 65.6 Å². The molecule has 1 heterocycles. The smallest absolute Gasteiger partial charge is 0.0467 e. The zero-order valence-electron chi connectivity index (χ0n) is 37.9. The second-order valence-electron chi connectivity index (χ2n) is 17.3. The summed E-state index contributed by atoms with van der Waals surface area (Å²) in [5.74, 6) is 0. The quantitative estimate of drug-likeness (QED) is 0.128. The number of thiophene rings is 1. The summed E-state index contributed by atoms with van der Waals surface area (Å²) in [6.45, 7) is 0. The first-order chi connectivity index (χ1) is 34.2. The minimum atomic E-state index is 1.08. The van der Waals surface area contributed by atoms with Gasteiger partial charge < -0.3 is 9.80 Å². The van der Waals surface area contributed by atoms with Gasteiger partial charge in [0.15, 0.2) is 0 Å². The van der Waals surface area contributed by atoms with Crippen molar-refractivity contribution in [2.75, 3.05) is 9.80 Å². The lowest BCUT2D eigenvalue weighted by atomic mass is 10.0. The van der Waals surface area contributed by atoms with Gasteiger partial charge in [-0.25, -0.2) is 0 Å². The Morgan fingerprint density at radius 1 is 0.217 bits per heavy atom. The van der Waals surface area contributed by atoms with Crippen LogP contribution in [0.4, 0.5) is 34.1 Å². The fourth-order valence-corrected chi connectivity index (χ4v) is 10.8. The molecule has 1 aromatic heterocycles. The minimum Gasteiger partial charge on any atom is -0.310 e. The number of benzene rings is 11. The molecule has 0 N–H and O–H groups in total. The van der Waals surface area contributed by atoms with Crippen molar-refractivity contribution in [1.29, 1.82) is 0 Å². The molecule has 0 atom stereocenters. The molecule has 0 aliphatic carbocycles. The third-order valence-electron chi connectivity index (χ3n) is 13.1. The van der Waals surface area contributed by atoms with Gasteiger partial charge in [-0.3, -0.25) is 0 Å². The molecule has 11 aromatic carbocycles. The Labute approximate surface area is 407 Å². The maximum atomic E-state index is 2.38. The van der Waals surface area contributed by atoms with E-state index in [9.17, 15) is 0 Å². The normalized spacial score (nSPS) is 11.2. The van der Waals surface area contributed by atoms with E-state index >= 15 is 0 Å². The van der Waals surface area contributed by atoms with E-state index in [1.807, 2.05) is 11.3 Å². The van der Waals surface area contributed by atoms with Gasteiger partial charge in [0, 0.05) is 54.3 Å². The molecule has 0 aliphatic heterocycles. The zero-order valence-corrected chi connectivity index (χ0v) is 38.7. The second kappa shape index (κ2) is 18.5. The molecule has 0 bridgehead atoms. The van der Waals surface area contributed by atoms with E-state index < -0.39 is 0 Å². The molecule has 0 saturated carbocycles. The monoisotopic (exact) mass is 898 g/mol. The fourth-order valence-electron chi connectivity index (χ4n) is 9.61. The van der Waals surface area contributed by atoms with Gasteiger partial charge in [-0.15, -0.1) is 11.3 Å². The summed E-state index contributed by atoms with van der Waals surface area (Å²) in [7, 11) is 0. The molecule has 0 spiro atoms. The Kier molecular flexibility index (Phi) is 11.2. The van der Waals surface area contributed by atoms with Crippen LogP contribution in [0.15, 0.2) is 279 Å². The molecule has 0 radical (unpaired) electrons. The third kappa shape index (κ3) is 8.37. The van der Waals surface area contributed by atoms with Crippen LogP contribution in [0.5, 0.6) is 0 Å². The number of rotatable bonds is 11. The van der Waals surface area contributed by atoms with E-state index in [1.165, 1.54) is 64.7 Å². The van der Waals surface area contributed by atoms with Crippen LogP contribution < -0.4 is 9.80 Å². The summed E-state index contributed by atoms with van der Waals surface area (Å²) in [6, 6.07) is 101. The topological polar surface area (TPSA) is 6.48 Å². The minimum absolute atomic E-state index is 1.08. The lowest BCUT2D eigenvalue weighted by Crippen LogP contribution is -2.10. The molecule has 0 aliphatic rings. The van der Waals surface area contributed by atoms with Crippen molar-refractivity contribution in [3.8, 4) is 55.6 Å². The van der Waals surface area contributed by atoms with E-state index in [-0.39, 0.29) is 0 Å². The Morgan fingerprint density at radius 3 is 0.986 bits per heavy atom. The summed E-state index contributed by atoms with van der Waals surface area (Å²) in [4.78, 5) is 4.74. The van der Waals surface area contributed by atoms with E-state index in [0.717, 1.165) is 45.3 Å². The molecule has 3 heteroatoms. The van der Waals surface area contributed by atoms with Crippen molar-refractivity contribution in [3.63, 3.8) is 0 Å². The first-order valence-corrected chi connectivity index (χ1v) is 24.3. The van der Waals surface area contributed by atoms with Gasteiger partial charge >= 0.3 is 0 Å². The van der Waals surface area contributed by atoms with Gasteiger partial charge in [-0.1, -0.05) is 200 Å². The van der Waals surface area contributed by atoms with Crippen LogP contribution in [0.25, 0.3) is 75.8 Å². The molecule has 12 aromatic rings. The lowest BCUT2D eigenvalue weighted by molar-refractivity contribution is 1.28. The highest BCUT2D eigenvalue weighted by molar-refractivity contribution is 7.26. The summed E-state index contributed by atoms with van der Waals surface area (Å²) in [6.07, 6.45) is 0. The number of anilines is 6. The van der Waals surface area contributed by atoms with Gasteiger partial charge in [0.25, 0.3) is 0 Å². The molecule has 12 rings (SSSR count). The molecule has 0 amide bonds. The van der Waals surface area contributed by atoms with Crippen LogP contribution in [-0.2, 0) is 0 Å². The van der Waals surface area contributed by atoms with E-state index in [2.05, 4.69) is 289 Å². The maximum Gasteiger partial charge on any atom is 0.0467 e. The molecule has 326 valence electrons. The van der Waals surface area contributed by atoms with Crippen LogP contribution in [0.2, 0.25) is 0 Å². The maximum absolute atomic E-state index is 2.38. The van der Waals surface area contributed by atoms with Crippen LogP contribution in [0, 0.1) is 0 Å². The first kappa shape index (κ1) is 41.7. The average molecular weight is 899 g/mol. The van der Waals surface area contributed by atoms with Gasteiger partial charge in [0.2, 0.25) is 0 Å². The largest absolute Gasteiger partial charge is 0.310 e. The van der Waals surface area contributed by atoms with Gasteiger partial charge in [-0.05, 0) is 134 Å². The van der Waals surface area contributed by atoms with Gasteiger partial charge in [-0.2, -0.15) is 0 Å². The molecule has 0 saturated heterocycles. The fraction of sp³-hybridized carbons (Fsp3) is 0. The Morgan fingerprint density at radius 2 is 0.551 bits per heavy atom. The summed E-state index contributed by atoms with van der Waals surface area (Å²) in [5.41, 5.74) is 18.4. The van der Waals surface area contributed by atoms with E-state index in [1.54, 1.807) is 0 Å². The number of nitrogens with zero attached hydrogens (tertiary/aromatic N) is 2. The number of hydrogen-bond donors (Lipinski definition) is 0. The zero-order chi connectivity index (χ0) is 45.9. The van der Waals surface area contributed by atoms with Gasteiger partial charge in [0.05, 0.1) is 0 Å². The van der Waals surface area contributed by atoms with Crippen LogP contribution in [0.1, 0.15) is 0 Å². The molecular weight excluding hydrogens is 853 g/mol. The van der Waals surface area contributed by atoms with Crippen molar-refractivity contribution < 1.29 is 0 Å². The third-order valence-corrected chi connectivity index (χ3v) is 14.3. The van der Waals surface area contributed by atoms with Crippen molar-refractivity contribution in [2.24, 2.45) is 0 Å². The first-order valence-electron chi connectivity index (χ1n) is 23.5. The lowest BCUT2D eigenvalue weighted by Gasteiger charge is -2.27. The van der Waals surface area contributed by atoms with Crippen molar-refractivity contribution in [2.45, 2.75) is 0 Å². The molecule has 0 fully saturated rings. The second-order valence-corrected chi connectivity index (χ2v) is 18.4. The van der Waals surface area contributed by atoms with Crippen LogP contribution in [0.3, 0.4) is 0 Å². The Hall–Kier alpha value is -8.76. The average Bonchev–Trinajstić information content (AvgIpc) is 3.82. The molecule has 69 heavy (non-hydrogen) atoms. The van der Waals surface area contributed by atoms with Crippen LogP contribution in [-0.4, -0.2) is 0 Å².